The van der Waals surface area contributed by atoms with E-state index in [9.17, 15) is 9.18 Å². The summed E-state index contributed by atoms with van der Waals surface area (Å²) in [6, 6.07) is 10.3. The molecule has 0 bridgehead atoms. The highest BCUT2D eigenvalue weighted by Gasteiger charge is 2.21. The minimum absolute atomic E-state index is 0.0359. The van der Waals surface area contributed by atoms with Crippen LogP contribution in [0.25, 0.3) is 0 Å². The second-order valence-electron chi connectivity index (χ2n) is 6.70. The Bertz CT molecular complexity index is 976. The van der Waals surface area contributed by atoms with Crippen molar-refractivity contribution in [3.8, 4) is 0 Å². The van der Waals surface area contributed by atoms with Crippen molar-refractivity contribution in [1.82, 2.24) is 19.9 Å². The molecule has 2 aromatic heterocycles. The molecule has 0 spiro atoms. The van der Waals surface area contributed by atoms with Gasteiger partial charge in [-0.2, -0.15) is 0 Å². The van der Waals surface area contributed by atoms with Gasteiger partial charge < -0.3 is 14.6 Å². The highest BCUT2D eigenvalue weighted by molar-refractivity contribution is 7.99. The molecule has 1 N–H and O–H groups in total. The van der Waals surface area contributed by atoms with Crippen molar-refractivity contribution in [1.29, 1.82) is 0 Å². The van der Waals surface area contributed by atoms with Gasteiger partial charge in [-0.1, -0.05) is 31.7 Å². The van der Waals surface area contributed by atoms with Crippen LogP contribution in [0.15, 0.2) is 58.7 Å². The van der Waals surface area contributed by atoms with Crippen LogP contribution in [0, 0.1) is 5.82 Å². The molecule has 0 aliphatic carbocycles. The third-order valence-electron chi connectivity index (χ3n) is 4.21. The SMILES string of the molecule is CNC(=O)OCc1nc(C(C)C)c(Sc2cccc(F)c2)n1Cc1ccncc1. The predicted octanol–water partition coefficient (Wildman–Crippen LogP) is 4.60. The van der Waals surface area contributed by atoms with Crippen molar-refractivity contribution in [2.24, 2.45) is 0 Å². The number of benzene rings is 1. The number of nitrogens with one attached hydrogen (secondary N) is 1. The minimum atomic E-state index is -0.520. The molecule has 29 heavy (non-hydrogen) atoms. The molecule has 0 aliphatic rings. The van der Waals surface area contributed by atoms with Gasteiger partial charge in [-0.3, -0.25) is 4.98 Å². The van der Waals surface area contributed by atoms with Crippen molar-refractivity contribution in [2.75, 3.05) is 7.05 Å². The number of ether oxygens (including phenoxy) is 1. The standard InChI is InChI=1S/C21H23FN4O2S/c1-14(2)19-20(29-17-6-4-5-16(22)11-17)26(12-15-7-9-24-10-8-15)18(25-19)13-28-21(27)23-3/h4-11,14H,12-13H2,1-3H3,(H,23,27). The molecule has 6 nitrogen and oxygen atoms in total. The molecular weight excluding hydrogens is 391 g/mol. The maximum absolute atomic E-state index is 13.7. The van der Waals surface area contributed by atoms with Crippen molar-refractivity contribution < 1.29 is 13.9 Å². The molecule has 3 aromatic rings. The first-order chi connectivity index (χ1) is 14.0. The maximum atomic E-state index is 13.7. The van der Waals surface area contributed by atoms with Crippen molar-refractivity contribution >= 4 is 17.9 Å². The lowest BCUT2D eigenvalue weighted by Crippen LogP contribution is -2.20. The molecule has 0 saturated heterocycles. The highest BCUT2D eigenvalue weighted by Crippen LogP contribution is 2.35. The number of alkyl carbamates (subject to hydrolysis) is 1. The lowest BCUT2D eigenvalue weighted by atomic mass is 10.1. The molecule has 0 unspecified atom stereocenters. The molecule has 3 rings (SSSR count). The smallest absolute Gasteiger partial charge is 0.407 e. The normalized spacial score (nSPS) is 10.9. The van der Waals surface area contributed by atoms with Gasteiger partial charge in [-0.15, -0.1) is 0 Å². The predicted molar refractivity (Wildman–Crippen MR) is 109 cm³/mol. The first-order valence-corrected chi connectivity index (χ1v) is 10.1. The van der Waals surface area contributed by atoms with E-state index in [4.69, 9.17) is 9.72 Å². The third kappa shape index (κ3) is 5.35. The number of pyridine rings is 1. The van der Waals surface area contributed by atoms with Crippen LogP contribution < -0.4 is 5.32 Å². The zero-order chi connectivity index (χ0) is 20.8. The Kier molecular flexibility index (Phi) is 6.87. The number of imidazole rings is 1. The van der Waals surface area contributed by atoms with E-state index in [2.05, 4.69) is 24.1 Å². The fourth-order valence-electron chi connectivity index (χ4n) is 2.77. The van der Waals surface area contributed by atoms with Crippen LogP contribution in [0.2, 0.25) is 0 Å². The van der Waals surface area contributed by atoms with Gasteiger partial charge in [-0.05, 0) is 41.8 Å². The van der Waals surface area contributed by atoms with Gasteiger partial charge >= 0.3 is 6.09 Å². The number of halogens is 1. The Morgan fingerprint density at radius 2 is 2.03 bits per heavy atom. The fraction of sp³-hybridized carbons (Fsp3) is 0.286. The van der Waals surface area contributed by atoms with Gasteiger partial charge in [0.15, 0.2) is 6.61 Å². The van der Waals surface area contributed by atoms with Gasteiger partial charge in [0.2, 0.25) is 0 Å². The molecule has 0 fully saturated rings. The number of carbonyl (C=O) groups excluding carboxylic acids is 1. The zero-order valence-electron chi connectivity index (χ0n) is 16.6. The summed E-state index contributed by atoms with van der Waals surface area (Å²) >= 11 is 1.45. The number of aromatic nitrogens is 3. The van der Waals surface area contributed by atoms with Crippen LogP contribution in [-0.2, 0) is 17.9 Å². The minimum Gasteiger partial charge on any atom is -0.441 e. The lowest BCUT2D eigenvalue weighted by molar-refractivity contribution is 0.137. The summed E-state index contributed by atoms with van der Waals surface area (Å²) in [4.78, 5) is 21.2. The Hall–Kier alpha value is -2.87. The van der Waals surface area contributed by atoms with E-state index in [1.54, 1.807) is 18.5 Å². The molecule has 2 heterocycles. The molecule has 0 saturated carbocycles. The summed E-state index contributed by atoms with van der Waals surface area (Å²) in [6.45, 7) is 4.68. The molecular formula is C21H23FN4O2S. The molecule has 0 radical (unpaired) electrons. The molecule has 0 aliphatic heterocycles. The lowest BCUT2D eigenvalue weighted by Gasteiger charge is -2.14. The zero-order valence-corrected chi connectivity index (χ0v) is 17.4. The molecule has 8 heteroatoms. The molecule has 1 amide bonds. The van der Waals surface area contributed by atoms with Crippen LogP contribution in [0.3, 0.4) is 0 Å². The molecule has 0 atom stereocenters. The van der Waals surface area contributed by atoms with E-state index in [0.717, 1.165) is 21.2 Å². The van der Waals surface area contributed by atoms with Crippen LogP contribution in [0.5, 0.6) is 0 Å². The number of carbonyl (C=O) groups is 1. The summed E-state index contributed by atoms with van der Waals surface area (Å²) < 4.78 is 21.0. The number of hydrogen-bond donors (Lipinski definition) is 1. The van der Waals surface area contributed by atoms with Crippen molar-refractivity contribution in [2.45, 2.75) is 42.8 Å². The Balaban J connectivity index is 2.04. The van der Waals surface area contributed by atoms with Gasteiger partial charge in [0.25, 0.3) is 0 Å². The van der Waals surface area contributed by atoms with E-state index in [1.807, 2.05) is 22.8 Å². The largest absolute Gasteiger partial charge is 0.441 e. The Morgan fingerprint density at radius 1 is 1.28 bits per heavy atom. The van der Waals surface area contributed by atoms with Crippen molar-refractivity contribution in [3.05, 3.63) is 71.7 Å². The summed E-state index contributed by atoms with van der Waals surface area (Å²) in [5.41, 5.74) is 1.92. The summed E-state index contributed by atoms with van der Waals surface area (Å²) in [5, 5.41) is 3.34. The van der Waals surface area contributed by atoms with Crippen molar-refractivity contribution in [3.63, 3.8) is 0 Å². The van der Waals surface area contributed by atoms with Crippen LogP contribution in [0.4, 0.5) is 9.18 Å². The third-order valence-corrected chi connectivity index (χ3v) is 5.32. The van der Waals surface area contributed by atoms with Crippen LogP contribution >= 0.6 is 11.8 Å². The number of rotatable bonds is 7. The van der Waals surface area contributed by atoms with Crippen LogP contribution in [-0.4, -0.2) is 27.7 Å². The fourth-order valence-corrected chi connectivity index (χ4v) is 3.98. The first-order valence-electron chi connectivity index (χ1n) is 9.24. The van der Waals surface area contributed by atoms with Crippen LogP contribution in [0.1, 0.15) is 36.8 Å². The quantitative estimate of drug-likeness (QED) is 0.612. The van der Waals surface area contributed by atoms with Gasteiger partial charge in [0.05, 0.1) is 12.2 Å². The molecule has 152 valence electrons. The Labute approximate surface area is 173 Å². The van der Waals surface area contributed by atoms with E-state index < -0.39 is 6.09 Å². The average Bonchev–Trinajstić information content (AvgIpc) is 3.04. The summed E-state index contributed by atoms with van der Waals surface area (Å²) in [6.07, 6.45) is 2.94. The second kappa shape index (κ2) is 9.56. The number of amides is 1. The average molecular weight is 415 g/mol. The monoisotopic (exact) mass is 414 g/mol. The number of nitrogens with zero attached hydrogens (tertiary/aromatic N) is 3. The van der Waals surface area contributed by atoms with Gasteiger partial charge in [-0.25, -0.2) is 14.2 Å². The van der Waals surface area contributed by atoms with E-state index in [-0.39, 0.29) is 18.3 Å². The second-order valence-corrected chi connectivity index (χ2v) is 7.76. The number of hydrogen-bond acceptors (Lipinski definition) is 5. The Morgan fingerprint density at radius 3 is 2.69 bits per heavy atom. The topological polar surface area (TPSA) is 69.0 Å². The van der Waals surface area contributed by atoms with E-state index >= 15 is 0 Å². The van der Waals surface area contributed by atoms with Gasteiger partial charge in [0, 0.05) is 24.3 Å². The van der Waals surface area contributed by atoms with Gasteiger partial charge in [0.1, 0.15) is 16.7 Å². The summed E-state index contributed by atoms with van der Waals surface area (Å²) in [7, 11) is 1.51. The maximum Gasteiger partial charge on any atom is 0.407 e. The van der Waals surface area contributed by atoms with E-state index in [1.165, 1.54) is 30.9 Å². The summed E-state index contributed by atoms with van der Waals surface area (Å²) in [5.74, 6) is 0.487. The first kappa shape index (κ1) is 20.9. The highest BCUT2D eigenvalue weighted by atomic mass is 32.2. The molecule has 1 aromatic carbocycles. The van der Waals surface area contributed by atoms with E-state index in [0.29, 0.717) is 12.4 Å².